The summed E-state index contributed by atoms with van der Waals surface area (Å²) < 4.78 is 0. The van der Waals surface area contributed by atoms with Crippen molar-refractivity contribution < 1.29 is 9.59 Å². The molecule has 1 saturated heterocycles. The highest BCUT2D eigenvalue weighted by Gasteiger charge is 2.51. The van der Waals surface area contributed by atoms with Gasteiger partial charge in [-0.1, -0.05) is 48.5 Å². The van der Waals surface area contributed by atoms with E-state index in [1.807, 2.05) is 66.5 Å². The first kappa shape index (κ1) is 17.8. The summed E-state index contributed by atoms with van der Waals surface area (Å²) >= 11 is 0. The second-order valence-corrected chi connectivity index (χ2v) is 7.74. The SMILES string of the molecule is CN1C(=O)[C@](CC(=O)N2CCCCC2)(Cc2ccccc2)c2ccccc21. The number of hydrogen-bond acceptors (Lipinski definition) is 2. The standard InChI is InChI=1S/C23H26N2O2/c1-24-20-13-7-6-12-19(20)23(22(24)27,16-18-10-4-2-5-11-18)17-21(26)25-14-8-3-9-15-25/h2,4-7,10-13H,3,8-9,14-17H2,1H3/t23-/m0/s1. The summed E-state index contributed by atoms with van der Waals surface area (Å²) in [7, 11) is 1.82. The number of fused-ring (bicyclic) bond motifs is 1. The third-order valence-corrected chi connectivity index (χ3v) is 6.01. The van der Waals surface area contributed by atoms with E-state index in [-0.39, 0.29) is 18.2 Å². The van der Waals surface area contributed by atoms with Crippen molar-refractivity contribution >= 4 is 17.5 Å². The van der Waals surface area contributed by atoms with Gasteiger partial charge in [-0.25, -0.2) is 0 Å². The Labute approximate surface area is 160 Å². The molecule has 1 fully saturated rings. The van der Waals surface area contributed by atoms with Gasteiger partial charge in [0.15, 0.2) is 0 Å². The molecule has 0 N–H and O–H groups in total. The summed E-state index contributed by atoms with van der Waals surface area (Å²) in [5.74, 6) is 0.127. The van der Waals surface area contributed by atoms with Gasteiger partial charge in [-0.15, -0.1) is 0 Å². The van der Waals surface area contributed by atoms with Crippen LogP contribution in [-0.2, 0) is 21.4 Å². The van der Waals surface area contributed by atoms with E-state index in [9.17, 15) is 9.59 Å². The zero-order chi connectivity index (χ0) is 18.9. The number of anilines is 1. The Morgan fingerprint density at radius 2 is 1.63 bits per heavy atom. The molecule has 0 bridgehead atoms. The van der Waals surface area contributed by atoms with Gasteiger partial charge in [-0.2, -0.15) is 0 Å². The molecule has 0 unspecified atom stereocenters. The van der Waals surface area contributed by atoms with E-state index in [1.54, 1.807) is 4.90 Å². The molecule has 0 radical (unpaired) electrons. The normalized spacial score (nSPS) is 22.0. The third-order valence-electron chi connectivity index (χ3n) is 6.01. The van der Waals surface area contributed by atoms with Crippen LogP contribution in [0.3, 0.4) is 0 Å². The molecular formula is C23H26N2O2. The van der Waals surface area contributed by atoms with E-state index in [2.05, 4.69) is 0 Å². The number of likely N-dealkylation sites (N-methyl/N-ethyl adjacent to an activating group) is 1. The average molecular weight is 362 g/mol. The van der Waals surface area contributed by atoms with E-state index in [4.69, 9.17) is 0 Å². The molecule has 4 heteroatoms. The molecule has 2 amide bonds. The minimum atomic E-state index is -0.818. The highest BCUT2D eigenvalue weighted by Crippen LogP contribution is 2.45. The molecule has 4 nitrogen and oxygen atoms in total. The molecular weight excluding hydrogens is 336 g/mol. The van der Waals surface area contributed by atoms with E-state index in [1.165, 1.54) is 6.42 Å². The minimum Gasteiger partial charge on any atom is -0.343 e. The summed E-state index contributed by atoms with van der Waals surface area (Å²) in [6.45, 7) is 1.62. The van der Waals surface area contributed by atoms with Gasteiger partial charge in [0.1, 0.15) is 0 Å². The Bertz CT molecular complexity index is 842. The molecule has 2 aliphatic rings. The number of hydrogen-bond donors (Lipinski definition) is 0. The van der Waals surface area contributed by atoms with E-state index in [0.717, 1.165) is 42.7 Å². The topological polar surface area (TPSA) is 40.6 Å². The third kappa shape index (κ3) is 3.14. The zero-order valence-electron chi connectivity index (χ0n) is 15.9. The molecule has 1 atom stereocenters. The molecule has 140 valence electrons. The molecule has 2 aromatic rings. The second kappa shape index (κ2) is 7.18. The molecule has 2 heterocycles. The lowest BCUT2D eigenvalue weighted by molar-refractivity contribution is -0.137. The Kier molecular flexibility index (Phi) is 4.73. The van der Waals surface area contributed by atoms with Crippen LogP contribution >= 0.6 is 0 Å². The lowest BCUT2D eigenvalue weighted by atomic mass is 9.73. The number of carbonyl (C=O) groups excluding carboxylic acids is 2. The molecule has 0 saturated carbocycles. The van der Waals surface area contributed by atoms with Gasteiger partial charge >= 0.3 is 0 Å². The maximum atomic E-state index is 13.5. The maximum absolute atomic E-state index is 13.5. The predicted molar refractivity (Wildman–Crippen MR) is 107 cm³/mol. The van der Waals surface area contributed by atoms with Crippen LogP contribution in [0.5, 0.6) is 0 Å². The Morgan fingerprint density at radius 3 is 2.37 bits per heavy atom. The molecule has 0 aliphatic carbocycles. The molecule has 0 spiro atoms. The zero-order valence-corrected chi connectivity index (χ0v) is 15.9. The first-order valence-corrected chi connectivity index (χ1v) is 9.81. The lowest BCUT2D eigenvalue weighted by Gasteiger charge is -2.33. The fourth-order valence-electron chi connectivity index (χ4n) is 4.58. The summed E-state index contributed by atoms with van der Waals surface area (Å²) in [6, 6.07) is 18.0. The average Bonchev–Trinajstić information content (AvgIpc) is 2.92. The predicted octanol–water partition coefficient (Wildman–Crippen LogP) is 3.55. The van der Waals surface area contributed by atoms with Gasteiger partial charge in [-0.3, -0.25) is 9.59 Å². The van der Waals surface area contributed by atoms with Crippen LogP contribution in [-0.4, -0.2) is 36.9 Å². The number of benzene rings is 2. The van der Waals surface area contributed by atoms with Crippen LogP contribution in [0, 0.1) is 0 Å². The van der Waals surface area contributed by atoms with Crippen molar-refractivity contribution in [3.8, 4) is 0 Å². The molecule has 2 aromatic carbocycles. The van der Waals surface area contributed by atoms with E-state index >= 15 is 0 Å². The van der Waals surface area contributed by atoms with Crippen LogP contribution in [0.2, 0.25) is 0 Å². The Morgan fingerprint density at radius 1 is 0.963 bits per heavy atom. The molecule has 2 aliphatic heterocycles. The van der Waals surface area contributed by atoms with Crippen molar-refractivity contribution in [2.45, 2.75) is 37.5 Å². The monoisotopic (exact) mass is 362 g/mol. The van der Waals surface area contributed by atoms with Gasteiger partial charge in [0.2, 0.25) is 11.8 Å². The highest BCUT2D eigenvalue weighted by molar-refractivity contribution is 6.09. The molecule has 4 rings (SSSR count). The number of likely N-dealkylation sites (tertiary alicyclic amines) is 1. The fraction of sp³-hybridized carbons (Fsp3) is 0.391. The van der Waals surface area contributed by atoms with E-state index < -0.39 is 5.41 Å². The smallest absolute Gasteiger partial charge is 0.238 e. The number of amides is 2. The first-order chi connectivity index (χ1) is 13.1. The van der Waals surface area contributed by atoms with Crippen LogP contribution in [0.15, 0.2) is 54.6 Å². The number of rotatable bonds is 4. The number of nitrogens with zero attached hydrogens (tertiary/aromatic N) is 2. The summed E-state index contributed by atoms with van der Waals surface area (Å²) in [5, 5.41) is 0. The summed E-state index contributed by atoms with van der Waals surface area (Å²) in [6.07, 6.45) is 4.09. The van der Waals surface area contributed by atoms with Crippen molar-refractivity contribution in [1.29, 1.82) is 0 Å². The minimum absolute atomic E-state index is 0.0258. The fourth-order valence-corrected chi connectivity index (χ4v) is 4.58. The van der Waals surface area contributed by atoms with Crippen LogP contribution in [0.25, 0.3) is 0 Å². The summed E-state index contributed by atoms with van der Waals surface area (Å²) in [4.78, 5) is 30.3. The van der Waals surface area contributed by atoms with Crippen molar-refractivity contribution in [3.63, 3.8) is 0 Å². The number of para-hydroxylation sites is 1. The number of piperidine rings is 1. The highest BCUT2D eigenvalue weighted by atomic mass is 16.2. The van der Waals surface area contributed by atoms with Crippen LogP contribution in [0.1, 0.15) is 36.8 Å². The maximum Gasteiger partial charge on any atom is 0.238 e. The lowest BCUT2D eigenvalue weighted by Crippen LogP contribution is -2.46. The Hall–Kier alpha value is -2.62. The van der Waals surface area contributed by atoms with Crippen molar-refractivity contribution in [3.05, 3.63) is 65.7 Å². The first-order valence-electron chi connectivity index (χ1n) is 9.81. The van der Waals surface area contributed by atoms with Gasteiger partial charge in [0.25, 0.3) is 0 Å². The molecule has 0 aromatic heterocycles. The van der Waals surface area contributed by atoms with Gasteiger partial charge < -0.3 is 9.80 Å². The van der Waals surface area contributed by atoms with Gasteiger partial charge in [0, 0.05) is 32.2 Å². The number of carbonyl (C=O) groups is 2. The Balaban J connectivity index is 1.74. The van der Waals surface area contributed by atoms with Crippen LogP contribution < -0.4 is 4.90 Å². The molecule has 27 heavy (non-hydrogen) atoms. The van der Waals surface area contributed by atoms with Crippen molar-refractivity contribution in [2.75, 3.05) is 25.0 Å². The van der Waals surface area contributed by atoms with Crippen LogP contribution in [0.4, 0.5) is 5.69 Å². The van der Waals surface area contributed by atoms with Crippen molar-refractivity contribution in [1.82, 2.24) is 4.90 Å². The summed E-state index contributed by atoms with van der Waals surface area (Å²) in [5.41, 5.74) is 2.17. The van der Waals surface area contributed by atoms with Gasteiger partial charge in [-0.05, 0) is 42.9 Å². The quantitative estimate of drug-likeness (QED) is 0.835. The van der Waals surface area contributed by atoms with Gasteiger partial charge in [0.05, 0.1) is 5.41 Å². The second-order valence-electron chi connectivity index (χ2n) is 7.74. The van der Waals surface area contributed by atoms with E-state index in [0.29, 0.717) is 6.42 Å². The van der Waals surface area contributed by atoms with Crippen molar-refractivity contribution in [2.24, 2.45) is 0 Å². The largest absolute Gasteiger partial charge is 0.343 e.